The Morgan fingerprint density at radius 1 is 0.906 bits per heavy atom. The molecule has 0 radical (unpaired) electrons. The molecule has 10 heteroatoms. The van der Waals surface area contributed by atoms with E-state index in [1.165, 1.54) is 54.6 Å². The molecule has 0 atom stereocenters. The molecule has 0 bridgehead atoms. The fourth-order valence-corrected chi connectivity index (χ4v) is 2.59. The summed E-state index contributed by atoms with van der Waals surface area (Å²) >= 11 is 0. The molecule has 8 nitrogen and oxygen atoms in total. The van der Waals surface area contributed by atoms with Gasteiger partial charge in [0.1, 0.15) is 11.6 Å². The van der Waals surface area contributed by atoms with Crippen LogP contribution >= 0.6 is 0 Å². The topological polar surface area (TPSA) is 92.3 Å². The smallest absolute Gasteiger partial charge is 0.321 e. The molecule has 2 aliphatic heterocycles. The summed E-state index contributed by atoms with van der Waals surface area (Å²) in [5.74, 6) is -0.658. The van der Waals surface area contributed by atoms with Crippen molar-refractivity contribution >= 4 is 23.5 Å². The van der Waals surface area contributed by atoms with Crippen molar-refractivity contribution < 1.29 is 27.8 Å². The number of nitrogens with zero attached hydrogens (tertiary/aromatic N) is 2. The summed E-state index contributed by atoms with van der Waals surface area (Å²) in [6.45, 7) is 6.15. The molecule has 172 valence electrons. The summed E-state index contributed by atoms with van der Waals surface area (Å²) in [6, 6.07) is 10.8. The molecule has 2 aromatic rings. The minimum Gasteiger partial charge on any atom is -0.379 e. The average Bonchev–Trinajstić information content (AvgIpc) is 2.85. The molecule has 2 fully saturated rings. The lowest BCUT2D eigenvalue weighted by Gasteiger charge is -2.26. The normalized spacial score (nSPS) is 15.1. The van der Waals surface area contributed by atoms with Crippen molar-refractivity contribution in [2.45, 2.75) is 0 Å². The van der Waals surface area contributed by atoms with E-state index in [1.807, 2.05) is 0 Å². The van der Waals surface area contributed by atoms with Crippen LogP contribution in [0.15, 0.2) is 53.5 Å². The van der Waals surface area contributed by atoms with E-state index in [0.29, 0.717) is 37.7 Å². The van der Waals surface area contributed by atoms with E-state index in [2.05, 4.69) is 15.6 Å². The molecular formula is C22H26F2N4O4. The summed E-state index contributed by atoms with van der Waals surface area (Å²) in [7, 11) is 0. The summed E-state index contributed by atoms with van der Waals surface area (Å²) in [5, 5.41) is 5.86. The highest BCUT2D eigenvalue weighted by Gasteiger charge is 2.16. The first-order valence-electron chi connectivity index (χ1n) is 10.1. The van der Waals surface area contributed by atoms with Gasteiger partial charge in [0.15, 0.2) is 0 Å². The molecule has 4 rings (SSSR count). The number of halogens is 2. The van der Waals surface area contributed by atoms with E-state index in [-0.39, 0.29) is 17.7 Å². The number of rotatable bonds is 2. The van der Waals surface area contributed by atoms with E-state index < -0.39 is 0 Å². The van der Waals surface area contributed by atoms with Gasteiger partial charge in [-0.05, 0) is 48.5 Å². The summed E-state index contributed by atoms with van der Waals surface area (Å²) in [4.78, 5) is 26.3. The molecular weight excluding hydrogens is 422 g/mol. The number of hydrogen-bond donors (Lipinski definition) is 2. The van der Waals surface area contributed by atoms with Gasteiger partial charge in [0.2, 0.25) is 6.08 Å². The van der Waals surface area contributed by atoms with Gasteiger partial charge < -0.3 is 25.0 Å². The maximum atomic E-state index is 12.6. The van der Waals surface area contributed by atoms with Crippen molar-refractivity contribution in [1.29, 1.82) is 0 Å². The molecule has 0 saturated carbocycles. The van der Waals surface area contributed by atoms with Gasteiger partial charge >= 0.3 is 6.03 Å². The highest BCUT2D eigenvalue weighted by atomic mass is 19.1. The molecule has 2 N–H and O–H groups in total. The van der Waals surface area contributed by atoms with E-state index in [4.69, 9.17) is 9.47 Å². The molecule has 32 heavy (non-hydrogen) atoms. The van der Waals surface area contributed by atoms with Crippen LogP contribution in [0.2, 0.25) is 0 Å². The number of aliphatic imine (C=N–C) groups is 1. The minimum absolute atomic E-state index is 0.171. The lowest BCUT2D eigenvalue weighted by Crippen LogP contribution is -2.43. The van der Waals surface area contributed by atoms with Gasteiger partial charge in [-0.25, -0.2) is 18.4 Å². The van der Waals surface area contributed by atoms with Crippen molar-refractivity contribution in [2.75, 3.05) is 57.9 Å². The van der Waals surface area contributed by atoms with Crippen LogP contribution in [0.25, 0.3) is 0 Å². The molecule has 2 saturated heterocycles. The van der Waals surface area contributed by atoms with Gasteiger partial charge in [-0.15, -0.1) is 0 Å². The second kappa shape index (κ2) is 14.8. The van der Waals surface area contributed by atoms with Crippen LogP contribution in [0.5, 0.6) is 0 Å². The van der Waals surface area contributed by atoms with Crippen LogP contribution in [0.1, 0.15) is 0 Å². The van der Waals surface area contributed by atoms with Gasteiger partial charge in [-0.1, -0.05) is 0 Å². The average molecular weight is 448 g/mol. The number of benzene rings is 2. The number of carbonyl (C=O) groups is 1. The number of urea groups is 1. The number of hydrogen-bond acceptors (Lipinski definition) is 6. The third-order valence-corrected chi connectivity index (χ3v) is 4.24. The standard InChI is InChI=1S/C11H13FN2O2.C7H4FNO.C4H9NO/c12-9-1-3-10(4-2-9)13-11(15)14-5-7-16-8-6-14;8-6-1-3-7(4-2-6)9-5-10;1-3-6-4-2-5-1/h1-4H,5-8H2,(H,13,15);1-4H;5H,1-4H2. The Kier molecular flexibility index (Phi) is 11.6. The third kappa shape index (κ3) is 10.2. The first-order valence-corrected chi connectivity index (χ1v) is 10.1. The van der Waals surface area contributed by atoms with Crippen LogP contribution in [-0.4, -0.2) is 69.6 Å². The lowest BCUT2D eigenvalue weighted by molar-refractivity contribution is 0.0564. The Bertz CT molecular complexity index is 838. The largest absolute Gasteiger partial charge is 0.379 e. The maximum absolute atomic E-state index is 12.6. The van der Waals surface area contributed by atoms with Crippen molar-refractivity contribution in [3.63, 3.8) is 0 Å². The van der Waals surface area contributed by atoms with Crippen LogP contribution in [0.4, 0.5) is 25.0 Å². The van der Waals surface area contributed by atoms with Gasteiger partial charge in [0, 0.05) is 31.9 Å². The summed E-state index contributed by atoms with van der Waals surface area (Å²) in [6.07, 6.45) is 1.36. The van der Waals surface area contributed by atoms with Crippen molar-refractivity contribution in [2.24, 2.45) is 4.99 Å². The molecule has 0 aromatic heterocycles. The zero-order valence-electron chi connectivity index (χ0n) is 17.6. The fourth-order valence-electron chi connectivity index (χ4n) is 2.59. The fraction of sp³-hybridized carbons (Fsp3) is 0.364. The van der Waals surface area contributed by atoms with Gasteiger partial charge in [0.05, 0.1) is 32.1 Å². The predicted molar refractivity (Wildman–Crippen MR) is 116 cm³/mol. The van der Waals surface area contributed by atoms with Crippen molar-refractivity contribution in [3.8, 4) is 0 Å². The number of anilines is 1. The quantitative estimate of drug-likeness (QED) is 0.544. The molecule has 2 aliphatic rings. The Labute approximate surface area is 185 Å². The highest BCUT2D eigenvalue weighted by molar-refractivity contribution is 5.89. The monoisotopic (exact) mass is 448 g/mol. The third-order valence-electron chi connectivity index (χ3n) is 4.24. The van der Waals surface area contributed by atoms with Crippen LogP contribution in [0.3, 0.4) is 0 Å². The first kappa shape index (κ1) is 25.1. The van der Waals surface area contributed by atoms with Crippen LogP contribution in [0, 0.1) is 11.6 Å². The molecule has 0 unspecified atom stereocenters. The Morgan fingerprint density at radius 3 is 1.91 bits per heavy atom. The van der Waals surface area contributed by atoms with E-state index in [9.17, 15) is 18.4 Å². The van der Waals surface area contributed by atoms with Gasteiger partial charge in [-0.3, -0.25) is 0 Å². The number of morpholine rings is 2. The number of amides is 2. The van der Waals surface area contributed by atoms with Crippen molar-refractivity contribution in [3.05, 3.63) is 60.2 Å². The second-order valence-electron chi connectivity index (χ2n) is 6.58. The second-order valence-corrected chi connectivity index (χ2v) is 6.58. The number of carbonyl (C=O) groups excluding carboxylic acids is 2. The van der Waals surface area contributed by atoms with Gasteiger partial charge in [-0.2, -0.15) is 4.99 Å². The molecule has 2 heterocycles. The van der Waals surface area contributed by atoms with Crippen LogP contribution in [-0.2, 0) is 14.3 Å². The summed E-state index contributed by atoms with van der Waals surface area (Å²) in [5.41, 5.74) is 1.01. The molecule has 0 spiro atoms. The molecule has 2 aromatic carbocycles. The zero-order valence-corrected chi connectivity index (χ0v) is 17.6. The Hall–Kier alpha value is -3.17. The molecule has 0 aliphatic carbocycles. The van der Waals surface area contributed by atoms with E-state index in [0.717, 1.165) is 26.3 Å². The van der Waals surface area contributed by atoms with Crippen molar-refractivity contribution in [1.82, 2.24) is 10.2 Å². The first-order chi connectivity index (χ1) is 15.6. The Balaban J connectivity index is 0.000000192. The highest BCUT2D eigenvalue weighted by Crippen LogP contribution is 2.11. The SMILES string of the molecule is C1COCCN1.O=C(Nc1ccc(F)cc1)N1CCOCC1.O=C=Nc1ccc(F)cc1. The lowest BCUT2D eigenvalue weighted by atomic mass is 10.3. The maximum Gasteiger partial charge on any atom is 0.321 e. The number of nitrogens with one attached hydrogen (secondary N) is 2. The van der Waals surface area contributed by atoms with E-state index >= 15 is 0 Å². The summed E-state index contributed by atoms with van der Waals surface area (Å²) < 4.78 is 35.0. The zero-order chi connectivity index (χ0) is 23.0. The predicted octanol–water partition coefficient (Wildman–Crippen LogP) is 3.09. The number of ether oxygens (including phenoxy) is 2. The number of isocyanates is 1. The molecule has 2 amide bonds. The van der Waals surface area contributed by atoms with Crippen LogP contribution < -0.4 is 10.6 Å². The minimum atomic E-state index is -0.343. The van der Waals surface area contributed by atoms with E-state index in [1.54, 1.807) is 4.90 Å². The van der Waals surface area contributed by atoms with Gasteiger partial charge in [0.25, 0.3) is 0 Å². The Morgan fingerprint density at radius 2 is 1.44 bits per heavy atom.